The molecule has 14 heavy (non-hydrogen) atoms. The van der Waals surface area contributed by atoms with E-state index in [0.29, 0.717) is 0 Å². The Labute approximate surface area is 85.8 Å². The van der Waals surface area contributed by atoms with E-state index < -0.39 is 11.7 Å². The maximum Gasteiger partial charge on any atom is 0.419 e. The molecule has 1 heterocycles. The third kappa shape index (κ3) is 1.95. The lowest BCUT2D eigenvalue weighted by molar-refractivity contribution is -0.139. The highest BCUT2D eigenvalue weighted by molar-refractivity contribution is 9.10. The molecule has 0 spiro atoms. The van der Waals surface area contributed by atoms with E-state index in [1.807, 2.05) is 5.43 Å². The molecule has 0 aromatic carbocycles. The van der Waals surface area contributed by atoms with Gasteiger partial charge in [0.1, 0.15) is 4.60 Å². The first-order chi connectivity index (χ1) is 6.38. The van der Waals surface area contributed by atoms with E-state index in [0.717, 1.165) is 0 Å². The smallest absolute Gasteiger partial charge is 0.307 e. The molecule has 0 unspecified atom stereocenters. The fourth-order valence-electron chi connectivity index (χ4n) is 0.959. The molecule has 0 saturated heterocycles. The van der Waals surface area contributed by atoms with Crippen LogP contribution in [0.4, 0.5) is 19.0 Å². The standard InChI is InChI=1S/C6H6BrF3N4/c1-2-3(6(8,9)10)4(7)13-14-5(2)12-11/h11H2,1H3,(H,12,14). The van der Waals surface area contributed by atoms with Crippen molar-refractivity contribution in [1.82, 2.24) is 10.2 Å². The molecule has 1 aromatic heterocycles. The van der Waals surface area contributed by atoms with Gasteiger partial charge in [0, 0.05) is 5.56 Å². The zero-order valence-electron chi connectivity index (χ0n) is 6.98. The van der Waals surface area contributed by atoms with Crippen molar-refractivity contribution in [3.8, 4) is 0 Å². The van der Waals surface area contributed by atoms with Crippen molar-refractivity contribution in [2.24, 2.45) is 5.84 Å². The van der Waals surface area contributed by atoms with Gasteiger partial charge in [-0.25, -0.2) is 5.84 Å². The van der Waals surface area contributed by atoms with Gasteiger partial charge >= 0.3 is 6.18 Å². The highest BCUT2D eigenvalue weighted by atomic mass is 79.9. The van der Waals surface area contributed by atoms with Crippen LogP contribution in [0.2, 0.25) is 0 Å². The third-order valence-electron chi connectivity index (χ3n) is 1.59. The Morgan fingerprint density at radius 2 is 1.93 bits per heavy atom. The molecule has 1 aromatic rings. The van der Waals surface area contributed by atoms with E-state index in [9.17, 15) is 13.2 Å². The SMILES string of the molecule is Cc1c(NN)nnc(Br)c1C(F)(F)F. The first-order valence-electron chi connectivity index (χ1n) is 3.44. The molecule has 0 bridgehead atoms. The zero-order chi connectivity index (χ0) is 10.9. The Morgan fingerprint density at radius 1 is 1.36 bits per heavy atom. The van der Waals surface area contributed by atoms with Crippen LogP contribution in [0.25, 0.3) is 0 Å². The first-order valence-corrected chi connectivity index (χ1v) is 4.23. The molecule has 0 aliphatic heterocycles. The average molecular weight is 271 g/mol. The van der Waals surface area contributed by atoms with Crippen molar-refractivity contribution in [3.05, 3.63) is 15.7 Å². The minimum Gasteiger partial charge on any atom is -0.307 e. The van der Waals surface area contributed by atoms with Gasteiger partial charge in [-0.05, 0) is 22.9 Å². The van der Waals surface area contributed by atoms with Crippen molar-refractivity contribution in [3.63, 3.8) is 0 Å². The summed E-state index contributed by atoms with van der Waals surface area (Å²) in [5.74, 6) is 4.88. The van der Waals surface area contributed by atoms with E-state index in [2.05, 4.69) is 26.1 Å². The Morgan fingerprint density at radius 3 is 2.36 bits per heavy atom. The topological polar surface area (TPSA) is 63.8 Å². The van der Waals surface area contributed by atoms with Gasteiger partial charge < -0.3 is 5.43 Å². The number of nitrogens with zero attached hydrogens (tertiary/aromatic N) is 2. The number of halogens is 4. The summed E-state index contributed by atoms with van der Waals surface area (Å²) in [6.07, 6.45) is -4.48. The van der Waals surface area contributed by atoms with Crippen molar-refractivity contribution < 1.29 is 13.2 Å². The third-order valence-corrected chi connectivity index (χ3v) is 2.15. The number of anilines is 1. The average Bonchev–Trinajstić information content (AvgIpc) is 2.02. The van der Waals surface area contributed by atoms with Gasteiger partial charge in [0.25, 0.3) is 0 Å². The summed E-state index contributed by atoms with van der Waals surface area (Å²) >= 11 is 2.68. The van der Waals surface area contributed by atoms with Crippen LogP contribution in [-0.4, -0.2) is 10.2 Å². The molecule has 8 heteroatoms. The van der Waals surface area contributed by atoms with Crippen molar-refractivity contribution in [1.29, 1.82) is 0 Å². The molecule has 78 valence electrons. The van der Waals surface area contributed by atoms with Gasteiger partial charge in [-0.3, -0.25) is 0 Å². The predicted molar refractivity (Wildman–Crippen MR) is 47.3 cm³/mol. The van der Waals surface area contributed by atoms with E-state index in [4.69, 9.17) is 5.84 Å². The number of nitrogens with two attached hydrogens (primary N) is 1. The molecular weight excluding hydrogens is 265 g/mol. The van der Waals surface area contributed by atoms with E-state index in [1.165, 1.54) is 6.92 Å². The molecule has 0 saturated carbocycles. The molecule has 4 nitrogen and oxygen atoms in total. The number of hydrogen-bond donors (Lipinski definition) is 2. The quantitative estimate of drug-likeness (QED) is 0.604. The monoisotopic (exact) mass is 270 g/mol. The second-order valence-corrected chi connectivity index (χ2v) is 3.23. The van der Waals surface area contributed by atoms with Crippen molar-refractivity contribution in [2.45, 2.75) is 13.1 Å². The summed E-state index contributed by atoms with van der Waals surface area (Å²) in [4.78, 5) is 0. The summed E-state index contributed by atoms with van der Waals surface area (Å²) in [6.45, 7) is 1.26. The highest BCUT2D eigenvalue weighted by Gasteiger charge is 2.37. The summed E-state index contributed by atoms with van der Waals surface area (Å²) in [7, 11) is 0. The van der Waals surface area contributed by atoms with Crippen LogP contribution in [0.1, 0.15) is 11.1 Å². The van der Waals surface area contributed by atoms with Crippen LogP contribution in [-0.2, 0) is 6.18 Å². The Kier molecular flexibility index (Phi) is 2.95. The van der Waals surface area contributed by atoms with Gasteiger partial charge in [-0.15, -0.1) is 10.2 Å². The summed E-state index contributed by atoms with van der Waals surface area (Å²) in [5, 5.41) is 6.72. The summed E-state index contributed by atoms with van der Waals surface area (Å²) < 4.78 is 37.0. The largest absolute Gasteiger partial charge is 0.419 e. The fraction of sp³-hybridized carbons (Fsp3) is 0.333. The van der Waals surface area contributed by atoms with Crippen LogP contribution in [0.3, 0.4) is 0 Å². The molecule has 3 N–H and O–H groups in total. The van der Waals surface area contributed by atoms with Gasteiger partial charge in [-0.2, -0.15) is 13.2 Å². The fourth-order valence-corrected chi connectivity index (χ4v) is 1.56. The van der Waals surface area contributed by atoms with Gasteiger partial charge in [0.15, 0.2) is 5.82 Å². The lowest BCUT2D eigenvalue weighted by Gasteiger charge is -2.13. The molecular formula is C6H6BrF3N4. The van der Waals surface area contributed by atoms with Crippen molar-refractivity contribution >= 4 is 21.7 Å². The van der Waals surface area contributed by atoms with Crippen LogP contribution >= 0.6 is 15.9 Å². The minimum atomic E-state index is -4.48. The molecule has 0 aliphatic carbocycles. The Balaban J connectivity index is 3.40. The van der Waals surface area contributed by atoms with Gasteiger partial charge in [0.05, 0.1) is 5.56 Å². The van der Waals surface area contributed by atoms with E-state index in [-0.39, 0.29) is 16.0 Å². The summed E-state index contributed by atoms with van der Waals surface area (Å²) in [6, 6.07) is 0. The van der Waals surface area contributed by atoms with Gasteiger partial charge in [-0.1, -0.05) is 0 Å². The summed E-state index contributed by atoms with van der Waals surface area (Å²) in [5.41, 5.74) is 1.07. The lowest BCUT2D eigenvalue weighted by atomic mass is 10.1. The number of aromatic nitrogens is 2. The number of nitrogen functional groups attached to an aromatic ring is 1. The van der Waals surface area contributed by atoms with Gasteiger partial charge in [0.2, 0.25) is 0 Å². The molecule has 0 fully saturated rings. The minimum absolute atomic E-state index is 0.0955. The number of nitrogens with one attached hydrogen (secondary N) is 1. The highest BCUT2D eigenvalue weighted by Crippen LogP contribution is 2.37. The number of hydrazine groups is 1. The lowest BCUT2D eigenvalue weighted by Crippen LogP contribution is -2.16. The second-order valence-electron chi connectivity index (χ2n) is 2.48. The van der Waals surface area contributed by atoms with Crippen LogP contribution < -0.4 is 11.3 Å². The maximum absolute atomic E-state index is 12.5. The molecule has 1 rings (SSSR count). The Bertz CT molecular complexity index is 352. The number of hydrogen-bond acceptors (Lipinski definition) is 4. The normalized spacial score (nSPS) is 11.6. The molecule has 0 aliphatic rings. The van der Waals surface area contributed by atoms with Crippen LogP contribution in [0, 0.1) is 6.92 Å². The first kappa shape index (κ1) is 11.2. The van der Waals surface area contributed by atoms with E-state index >= 15 is 0 Å². The molecule has 0 radical (unpaired) electrons. The van der Waals surface area contributed by atoms with Crippen LogP contribution in [0.5, 0.6) is 0 Å². The Hall–Kier alpha value is -0.890. The van der Waals surface area contributed by atoms with Crippen molar-refractivity contribution in [2.75, 3.05) is 5.43 Å². The molecule has 0 atom stereocenters. The van der Waals surface area contributed by atoms with Crippen LogP contribution in [0.15, 0.2) is 4.60 Å². The molecule has 0 amide bonds. The number of rotatable bonds is 1. The predicted octanol–water partition coefficient (Wildman–Crippen LogP) is 1.85. The maximum atomic E-state index is 12.5. The number of alkyl halides is 3. The second kappa shape index (κ2) is 3.70. The van der Waals surface area contributed by atoms with E-state index in [1.54, 1.807) is 0 Å². The zero-order valence-corrected chi connectivity index (χ0v) is 8.57.